The van der Waals surface area contributed by atoms with Gasteiger partial charge in [0.15, 0.2) is 0 Å². The molecule has 1 aromatic carbocycles. The van der Waals surface area contributed by atoms with Gasteiger partial charge in [-0.25, -0.2) is 4.79 Å². The summed E-state index contributed by atoms with van der Waals surface area (Å²) in [5, 5.41) is 0. The minimum Gasteiger partial charge on any atom is -0.458 e. The third kappa shape index (κ3) is 5.98. The first kappa shape index (κ1) is 18.5. The van der Waals surface area contributed by atoms with E-state index in [-0.39, 0.29) is 6.10 Å². The van der Waals surface area contributed by atoms with Gasteiger partial charge in [-0.1, -0.05) is 12.1 Å². The van der Waals surface area contributed by atoms with E-state index in [1.165, 1.54) is 18.2 Å². The number of hydrogen-bond donors (Lipinski definition) is 0. The van der Waals surface area contributed by atoms with Crippen LogP contribution in [-0.2, 0) is 20.4 Å². The summed E-state index contributed by atoms with van der Waals surface area (Å²) in [7, 11) is 0. The molecule has 1 saturated heterocycles. The second-order valence-corrected chi connectivity index (χ2v) is 5.62. The highest BCUT2D eigenvalue weighted by atomic mass is 19.4. The number of hydrogen-bond acceptors (Lipinski definition) is 4. The third-order valence-corrected chi connectivity index (χ3v) is 3.56. The van der Waals surface area contributed by atoms with Gasteiger partial charge in [0, 0.05) is 25.7 Å². The third-order valence-electron chi connectivity index (χ3n) is 3.56. The molecule has 1 heterocycles. The monoisotopic (exact) mass is 343 g/mol. The topological polar surface area (TPSA) is 38.8 Å². The van der Waals surface area contributed by atoms with Crippen molar-refractivity contribution in [2.75, 3.05) is 32.8 Å². The Balaban J connectivity index is 1.86. The Morgan fingerprint density at radius 3 is 2.75 bits per heavy atom. The minimum absolute atomic E-state index is 0.294. The van der Waals surface area contributed by atoms with Gasteiger partial charge in [0.25, 0.3) is 0 Å². The van der Waals surface area contributed by atoms with Crippen molar-refractivity contribution in [3.8, 4) is 0 Å². The molecule has 132 valence electrons. The number of carbonyl (C=O) groups excluding carboxylic acids is 1. The summed E-state index contributed by atoms with van der Waals surface area (Å²) >= 11 is 0. The molecule has 0 bridgehead atoms. The van der Waals surface area contributed by atoms with Crippen LogP contribution >= 0.6 is 0 Å². The van der Waals surface area contributed by atoms with Crippen LogP contribution in [0.2, 0.25) is 0 Å². The Kier molecular flexibility index (Phi) is 6.39. The molecular weight excluding hydrogens is 323 g/mol. The van der Waals surface area contributed by atoms with E-state index in [0.717, 1.165) is 31.3 Å². The van der Waals surface area contributed by atoms with Crippen LogP contribution < -0.4 is 0 Å². The van der Waals surface area contributed by atoms with Crippen molar-refractivity contribution in [3.05, 3.63) is 41.5 Å². The number of nitrogens with zero attached hydrogens (tertiary/aromatic N) is 1. The second-order valence-electron chi connectivity index (χ2n) is 5.62. The zero-order valence-corrected chi connectivity index (χ0v) is 13.4. The average Bonchev–Trinajstić information content (AvgIpc) is 2.53. The largest absolute Gasteiger partial charge is 0.458 e. The van der Waals surface area contributed by atoms with Gasteiger partial charge in [-0.15, -0.1) is 0 Å². The number of alkyl halides is 3. The van der Waals surface area contributed by atoms with Crippen molar-refractivity contribution in [1.82, 2.24) is 4.90 Å². The normalized spacial score (nSPS) is 17.8. The van der Waals surface area contributed by atoms with Crippen LogP contribution in [0.1, 0.15) is 18.1 Å². The summed E-state index contributed by atoms with van der Waals surface area (Å²) in [6, 6.07) is 4.77. The lowest BCUT2D eigenvalue weighted by atomic mass is 10.1. The Bertz CT molecular complexity index is 581. The number of rotatable bonds is 5. The molecule has 1 fully saturated rings. The summed E-state index contributed by atoms with van der Waals surface area (Å²) in [5.74, 6) is -0.576. The Morgan fingerprint density at radius 1 is 1.38 bits per heavy atom. The first-order chi connectivity index (χ1) is 11.3. The van der Waals surface area contributed by atoms with Gasteiger partial charge < -0.3 is 9.47 Å². The number of carbonyl (C=O) groups is 1. The lowest BCUT2D eigenvalue weighted by Crippen LogP contribution is -2.41. The predicted octanol–water partition coefficient (Wildman–Crippen LogP) is 2.98. The van der Waals surface area contributed by atoms with Crippen molar-refractivity contribution in [2.24, 2.45) is 0 Å². The quantitative estimate of drug-likeness (QED) is 0.609. The molecule has 24 heavy (non-hydrogen) atoms. The smallest absolute Gasteiger partial charge is 0.416 e. The van der Waals surface area contributed by atoms with Crippen LogP contribution in [0, 0.1) is 0 Å². The second kappa shape index (κ2) is 8.30. The zero-order valence-electron chi connectivity index (χ0n) is 13.4. The molecule has 1 aliphatic heterocycles. The summed E-state index contributed by atoms with van der Waals surface area (Å²) in [6.45, 7) is 5.30. The molecule has 0 radical (unpaired) electrons. The fourth-order valence-corrected chi connectivity index (χ4v) is 2.41. The average molecular weight is 343 g/mol. The fraction of sp³-hybridized carbons (Fsp3) is 0.471. The number of halogens is 3. The standard InChI is InChI=1S/C17H20F3NO3/c1-13(12-21-7-9-23-10-8-21)24-16(22)6-5-14-3-2-4-15(11-14)17(18,19)20/h2-6,11,13H,7-10,12H2,1H3/b6-5+. The van der Waals surface area contributed by atoms with Crippen LogP contribution in [0.15, 0.2) is 30.3 Å². The molecule has 0 aliphatic carbocycles. The molecule has 0 amide bonds. The van der Waals surface area contributed by atoms with Gasteiger partial charge in [0.2, 0.25) is 0 Å². The molecule has 0 N–H and O–H groups in total. The molecule has 7 heteroatoms. The number of benzene rings is 1. The molecule has 4 nitrogen and oxygen atoms in total. The van der Waals surface area contributed by atoms with E-state index in [0.29, 0.717) is 25.3 Å². The first-order valence-corrected chi connectivity index (χ1v) is 7.70. The van der Waals surface area contributed by atoms with Gasteiger partial charge in [-0.2, -0.15) is 13.2 Å². The summed E-state index contributed by atoms with van der Waals surface area (Å²) in [5.41, 5.74) is -0.457. The number of ether oxygens (including phenoxy) is 2. The van der Waals surface area contributed by atoms with Gasteiger partial charge in [0.1, 0.15) is 6.10 Å². The van der Waals surface area contributed by atoms with Crippen LogP contribution in [-0.4, -0.2) is 49.8 Å². The molecule has 1 aliphatic rings. The van der Waals surface area contributed by atoms with Gasteiger partial charge in [-0.05, 0) is 30.7 Å². The van der Waals surface area contributed by atoms with Crippen molar-refractivity contribution in [3.63, 3.8) is 0 Å². The summed E-state index contributed by atoms with van der Waals surface area (Å²) < 4.78 is 48.4. The number of esters is 1. The molecule has 0 spiro atoms. The lowest BCUT2D eigenvalue weighted by molar-refractivity contribution is -0.143. The van der Waals surface area contributed by atoms with E-state index in [1.807, 2.05) is 0 Å². The molecule has 0 aromatic heterocycles. The number of morpholine rings is 1. The predicted molar refractivity (Wildman–Crippen MR) is 83.3 cm³/mol. The van der Waals surface area contributed by atoms with Gasteiger partial charge in [-0.3, -0.25) is 4.90 Å². The molecular formula is C17H20F3NO3. The van der Waals surface area contributed by atoms with Crippen molar-refractivity contribution >= 4 is 12.0 Å². The summed E-state index contributed by atoms with van der Waals surface area (Å²) in [6.07, 6.45) is -2.25. The first-order valence-electron chi connectivity index (χ1n) is 7.70. The SMILES string of the molecule is CC(CN1CCOCC1)OC(=O)/C=C/c1cccc(C(F)(F)F)c1. The maximum absolute atomic E-state index is 12.6. The van der Waals surface area contributed by atoms with Crippen molar-refractivity contribution in [1.29, 1.82) is 0 Å². The van der Waals surface area contributed by atoms with E-state index in [2.05, 4.69) is 4.90 Å². The Morgan fingerprint density at radius 2 is 2.08 bits per heavy atom. The van der Waals surface area contributed by atoms with E-state index >= 15 is 0 Å². The van der Waals surface area contributed by atoms with Crippen LogP contribution in [0.3, 0.4) is 0 Å². The van der Waals surface area contributed by atoms with E-state index in [4.69, 9.17) is 9.47 Å². The Labute approximate surface area is 138 Å². The molecule has 1 unspecified atom stereocenters. The van der Waals surface area contributed by atoms with Crippen LogP contribution in [0.25, 0.3) is 6.08 Å². The van der Waals surface area contributed by atoms with Crippen molar-refractivity contribution in [2.45, 2.75) is 19.2 Å². The Hall–Kier alpha value is -1.86. The lowest BCUT2D eigenvalue weighted by Gasteiger charge is -2.28. The van der Waals surface area contributed by atoms with E-state index in [1.54, 1.807) is 6.92 Å². The van der Waals surface area contributed by atoms with Crippen molar-refractivity contribution < 1.29 is 27.4 Å². The molecule has 0 saturated carbocycles. The highest BCUT2D eigenvalue weighted by Crippen LogP contribution is 2.29. The minimum atomic E-state index is -4.41. The highest BCUT2D eigenvalue weighted by molar-refractivity contribution is 5.87. The highest BCUT2D eigenvalue weighted by Gasteiger charge is 2.30. The van der Waals surface area contributed by atoms with Gasteiger partial charge in [0.05, 0.1) is 18.8 Å². The fourth-order valence-electron chi connectivity index (χ4n) is 2.41. The molecule has 2 rings (SSSR count). The molecule has 1 atom stereocenters. The zero-order chi connectivity index (χ0) is 17.6. The maximum atomic E-state index is 12.6. The van der Waals surface area contributed by atoms with Gasteiger partial charge >= 0.3 is 12.1 Å². The summed E-state index contributed by atoms with van der Waals surface area (Å²) in [4.78, 5) is 13.9. The van der Waals surface area contributed by atoms with E-state index < -0.39 is 17.7 Å². The maximum Gasteiger partial charge on any atom is 0.416 e. The van der Waals surface area contributed by atoms with Crippen LogP contribution in [0.5, 0.6) is 0 Å². The molecule has 1 aromatic rings. The van der Waals surface area contributed by atoms with Crippen LogP contribution in [0.4, 0.5) is 13.2 Å². The van der Waals surface area contributed by atoms with E-state index in [9.17, 15) is 18.0 Å².